The number of rotatable bonds is 6. The molecule has 1 aromatic heterocycles. The zero-order valence-electron chi connectivity index (χ0n) is 13.0. The Morgan fingerprint density at radius 3 is 2.30 bits per heavy atom. The Labute approximate surface area is 136 Å². The second-order valence-corrected chi connectivity index (χ2v) is 6.86. The van der Waals surface area contributed by atoms with Gasteiger partial charge in [-0.1, -0.05) is 6.92 Å². The normalized spacial score (nSPS) is 12.6. The highest BCUT2D eigenvalue weighted by atomic mass is 32.2. The molecule has 1 amide bonds. The maximum atomic E-state index is 12.2. The minimum atomic E-state index is -3.56. The predicted molar refractivity (Wildman–Crippen MR) is 88.7 cm³/mol. The average Bonchev–Trinajstić information content (AvgIpc) is 2.55. The quantitative estimate of drug-likeness (QED) is 0.850. The largest absolute Gasteiger partial charge is 0.322 e. The van der Waals surface area contributed by atoms with Crippen molar-refractivity contribution in [1.29, 1.82) is 0 Å². The Morgan fingerprint density at radius 1 is 1.13 bits per heavy atom. The third-order valence-corrected chi connectivity index (χ3v) is 4.94. The third-order valence-electron chi connectivity index (χ3n) is 3.33. The van der Waals surface area contributed by atoms with Crippen LogP contribution in [0.1, 0.15) is 30.6 Å². The standard InChI is InChI=1S/C16H19N3O3S/c1-3-12(2)19-23(21,22)15-6-4-13(5-7-15)16(20)18-14-8-10-17-11-9-14/h4-12,19H,3H2,1-2H3,(H,17,18,20). The van der Waals surface area contributed by atoms with Gasteiger partial charge in [0.1, 0.15) is 0 Å². The van der Waals surface area contributed by atoms with Gasteiger partial charge in [-0.25, -0.2) is 13.1 Å². The number of nitrogens with zero attached hydrogens (tertiary/aromatic N) is 1. The highest BCUT2D eigenvalue weighted by molar-refractivity contribution is 7.89. The second kappa shape index (κ2) is 7.34. The Kier molecular flexibility index (Phi) is 5.46. The first-order valence-corrected chi connectivity index (χ1v) is 8.74. The second-order valence-electron chi connectivity index (χ2n) is 5.14. The fourth-order valence-electron chi connectivity index (χ4n) is 1.84. The summed E-state index contributed by atoms with van der Waals surface area (Å²) in [6.45, 7) is 3.70. The van der Waals surface area contributed by atoms with Gasteiger partial charge in [-0.3, -0.25) is 9.78 Å². The highest BCUT2D eigenvalue weighted by Crippen LogP contribution is 2.13. The van der Waals surface area contributed by atoms with Crippen molar-refractivity contribution in [3.8, 4) is 0 Å². The van der Waals surface area contributed by atoms with Crippen LogP contribution in [0.15, 0.2) is 53.7 Å². The summed E-state index contributed by atoms with van der Waals surface area (Å²) >= 11 is 0. The zero-order valence-corrected chi connectivity index (χ0v) is 13.8. The van der Waals surface area contributed by atoms with E-state index in [0.29, 0.717) is 17.7 Å². The van der Waals surface area contributed by atoms with E-state index in [2.05, 4.69) is 15.0 Å². The minimum Gasteiger partial charge on any atom is -0.322 e. The maximum Gasteiger partial charge on any atom is 0.255 e. The molecular weight excluding hydrogens is 314 g/mol. The average molecular weight is 333 g/mol. The first kappa shape index (κ1) is 17.1. The van der Waals surface area contributed by atoms with Crippen LogP contribution in [0.3, 0.4) is 0 Å². The Bertz CT molecular complexity index is 759. The molecule has 1 unspecified atom stereocenters. The first-order chi connectivity index (χ1) is 10.9. The van der Waals surface area contributed by atoms with Crippen LogP contribution in [0.2, 0.25) is 0 Å². The number of sulfonamides is 1. The number of anilines is 1. The van der Waals surface area contributed by atoms with Crippen molar-refractivity contribution in [3.63, 3.8) is 0 Å². The van der Waals surface area contributed by atoms with Crippen LogP contribution in [0.4, 0.5) is 5.69 Å². The number of nitrogens with one attached hydrogen (secondary N) is 2. The summed E-state index contributed by atoms with van der Waals surface area (Å²) in [6.07, 6.45) is 3.85. The highest BCUT2D eigenvalue weighted by Gasteiger charge is 2.17. The number of hydrogen-bond acceptors (Lipinski definition) is 4. The van der Waals surface area contributed by atoms with Crippen LogP contribution in [-0.2, 0) is 10.0 Å². The van der Waals surface area contributed by atoms with E-state index in [9.17, 15) is 13.2 Å². The van der Waals surface area contributed by atoms with Gasteiger partial charge in [0.25, 0.3) is 5.91 Å². The number of benzene rings is 1. The molecule has 2 aromatic rings. The van der Waals surface area contributed by atoms with Crippen molar-refractivity contribution in [2.45, 2.75) is 31.2 Å². The fraction of sp³-hybridized carbons (Fsp3) is 0.250. The van der Waals surface area contributed by atoms with Crippen molar-refractivity contribution in [2.24, 2.45) is 0 Å². The molecule has 2 N–H and O–H groups in total. The van der Waals surface area contributed by atoms with Crippen molar-refractivity contribution >= 4 is 21.6 Å². The van der Waals surface area contributed by atoms with E-state index in [-0.39, 0.29) is 16.8 Å². The molecule has 1 heterocycles. The molecule has 0 aliphatic heterocycles. The van der Waals surface area contributed by atoms with E-state index in [1.165, 1.54) is 24.3 Å². The molecule has 122 valence electrons. The van der Waals surface area contributed by atoms with Gasteiger partial charge in [-0.15, -0.1) is 0 Å². The number of carbonyl (C=O) groups excluding carboxylic acids is 1. The van der Waals surface area contributed by atoms with Gasteiger partial charge in [0, 0.05) is 29.7 Å². The number of amides is 1. The summed E-state index contributed by atoms with van der Waals surface area (Å²) in [5.41, 5.74) is 1.00. The molecule has 0 spiro atoms. The lowest BCUT2D eigenvalue weighted by atomic mass is 10.2. The van der Waals surface area contributed by atoms with Gasteiger partial charge in [0.15, 0.2) is 0 Å². The van der Waals surface area contributed by atoms with Gasteiger partial charge in [-0.05, 0) is 49.7 Å². The molecule has 7 heteroatoms. The van der Waals surface area contributed by atoms with Crippen LogP contribution in [0.5, 0.6) is 0 Å². The van der Waals surface area contributed by atoms with Crippen molar-refractivity contribution < 1.29 is 13.2 Å². The van der Waals surface area contributed by atoms with Crippen LogP contribution >= 0.6 is 0 Å². The first-order valence-electron chi connectivity index (χ1n) is 7.26. The van der Waals surface area contributed by atoms with E-state index in [0.717, 1.165) is 0 Å². The lowest BCUT2D eigenvalue weighted by Gasteiger charge is -2.12. The maximum absolute atomic E-state index is 12.2. The van der Waals surface area contributed by atoms with Crippen LogP contribution in [0.25, 0.3) is 0 Å². The smallest absolute Gasteiger partial charge is 0.255 e. The molecule has 23 heavy (non-hydrogen) atoms. The monoisotopic (exact) mass is 333 g/mol. The molecule has 0 saturated heterocycles. The van der Waals surface area contributed by atoms with Crippen molar-refractivity contribution in [3.05, 3.63) is 54.4 Å². The summed E-state index contributed by atoms with van der Waals surface area (Å²) < 4.78 is 26.9. The van der Waals surface area contributed by atoms with Crippen LogP contribution in [-0.4, -0.2) is 25.4 Å². The molecule has 0 bridgehead atoms. The van der Waals surface area contributed by atoms with E-state index in [1.54, 1.807) is 31.5 Å². The molecule has 0 saturated carbocycles. The number of carbonyl (C=O) groups is 1. The van der Waals surface area contributed by atoms with E-state index in [1.807, 2.05) is 6.92 Å². The molecule has 6 nitrogen and oxygen atoms in total. The lowest BCUT2D eigenvalue weighted by molar-refractivity contribution is 0.102. The number of pyridine rings is 1. The van der Waals surface area contributed by atoms with Gasteiger partial charge >= 0.3 is 0 Å². The molecule has 0 aliphatic rings. The fourth-order valence-corrected chi connectivity index (χ4v) is 3.17. The Balaban J connectivity index is 2.11. The zero-order chi connectivity index (χ0) is 16.9. The third kappa shape index (κ3) is 4.61. The molecule has 0 fully saturated rings. The predicted octanol–water partition coefficient (Wildman–Crippen LogP) is 2.41. The molecular formula is C16H19N3O3S. The van der Waals surface area contributed by atoms with Gasteiger partial charge in [0.2, 0.25) is 10.0 Å². The summed E-state index contributed by atoms with van der Waals surface area (Å²) in [5.74, 6) is -0.310. The number of hydrogen-bond donors (Lipinski definition) is 2. The van der Waals surface area contributed by atoms with Crippen molar-refractivity contribution in [1.82, 2.24) is 9.71 Å². The lowest BCUT2D eigenvalue weighted by Crippen LogP contribution is -2.32. The van der Waals surface area contributed by atoms with Crippen molar-refractivity contribution in [2.75, 3.05) is 5.32 Å². The summed E-state index contributed by atoms with van der Waals surface area (Å²) in [7, 11) is -3.56. The van der Waals surface area contributed by atoms with E-state index in [4.69, 9.17) is 0 Å². The van der Waals surface area contributed by atoms with E-state index < -0.39 is 10.0 Å². The topological polar surface area (TPSA) is 88.2 Å². The molecule has 1 atom stereocenters. The Hall–Kier alpha value is -2.25. The summed E-state index contributed by atoms with van der Waals surface area (Å²) in [4.78, 5) is 16.1. The van der Waals surface area contributed by atoms with Gasteiger partial charge in [-0.2, -0.15) is 0 Å². The minimum absolute atomic E-state index is 0.137. The van der Waals surface area contributed by atoms with Crippen LogP contribution < -0.4 is 10.0 Å². The van der Waals surface area contributed by atoms with Crippen LogP contribution in [0, 0.1) is 0 Å². The molecule has 2 rings (SSSR count). The summed E-state index contributed by atoms with van der Waals surface area (Å²) in [6, 6.07) is 9.02. The molecule has 0 aliphatic carbocycles. The van der Waals surface area contributed by atoms with Gasteiger partial charge < -0.3 is 5.32 Å². The summed E-state index contributed by atoms with van der Waals surface area (Å²) in [5, 5.41) is 2.71. The SMILES string of the molecule is CCC(C)NS(=O)(=O)c1ccc(C(=O)Nc2ccncc2)cc1. The number of aromatic nitrogens is 1. The molecule has 1 aromatic carbocycles. The van der Waals surface area contributed by atoms with E-state index >= 15 is 0 Å². The van der Waals surface area contributed by atoms with Gasteiger partial charge in [0.05, 0.1) is 4.90 Å². The Morgan fingerprint density at radius 2 is 1.74 bits per heavy atom. The molecule has 0 radical (unpaired) electrons.